The van der Waals surface area contributed by atoms with E-state index < -0.39 is 21.2 Å². The molecule has 7 nitrogen and oxygen atoms in total. The van der Waals surface area contributed by atoms with Crippen molar-refractivity contribution in [3.63, 3.8) is 0 Å². The van der Waals surface area contributed by atoms with E-state index in [0.29, 0.717) is 12.2 Å². The van der Waals surface area contributed by atoms with Crippen LogP contribution in [0.5, 0.6) is 0 Å². The summed E-state index contributed by atoms with van der Waals surface area (Å²) in [6.07, 6.45) is 0.619. The van der Waals surface area contributed by atoms with Crippen molar-refractivity contribution in [1.82, 2.24) is 10.1 Å². The monoisotopic (exact) mass is 316 g/mol. The Morgan fingerprint density at radius 2 is 2.19 bits per heavy atom. The highest BCUT2D eigenvalue weighted by atomic mass is 32.2. The zero-order valence-electron chi connectivity index (χ0n) is 12.4. The summed E-state index contributed by atoms with van der Waals surface area (Å²) in [7, 11) is -3.01. The van der Waals surface area contributed by atoms with E-state index in [2.05, 4.69) is 10.1 Å². The Morgan fingerprint density at radius 3 is 2.67 bits per heavy atom. The van der Waals surface area contributed by atoms with Gasteiger partial charge in [-0.2, -0.15) is 4.98 Å². The van der Waals surface area contributed by atoms with E-state index in [1.54, 1.807) is 6.92 Å². The van der Waals surface area contributed by atoms with Crippen molar-refractivity contribution in [2.75, 3.05) is 11.5 Å². The molecule has 0 spiro atoms. The normalized spacial score (nSPS) is 24.1. The number of sulfone groups is 1. The minimum Gasteiger partial charge on any atom is -0.481 e. The van der Waals surface area contributed by atoms with Crippen LogP contribution < -0.4 is 0 Å². The molecule has 1 fully saturated rings. The Bertz CT molecular complexity index is 637. The van der Waals surface area contributed by atoms with Gasteiger partial charge in [-0.05, 0) is 19.3 Å². The van der Waals surface area contributed by atoms with Crippen molar-refractivity contribution in [1.29, 1.82) is 0 Å². The number of aliphatic carboxylic acids is 1. The fourth-order valence-electron chi connectivity index (χ4n) is 2.35. The fraction of sp³-hybridized carbons (Fsp3) is 0.769. The average Bonchev–Trinajstić information content (AvgIpc) is 2.95. The second-order valence-corrected chi connectivity index (χ2v) is 8.43. The third-order valence-electron chi connectivity index (χ3n) is 4.36. The zero-order chi connectivity index (χ0) is 15.8. The summed E-state index contributed by atoms with van der Waals surface area (Å²) < 4.78 is 28.1. The minimum absolute atomic E-state index is 0.0341. The zero-order valence-corrected chi connectivity index (χ0v) is 13.2. The summed E-state index contributed by atoms with van der Waals surface area (Å²) >= 11 is 0. The van der Waals surface area contributed by atoms with Gasteiger partial charge in [-0.1, -0.05) is 19.0 Å². The van der Waals surface area contributed by atoms with Crippen LogP contribution in [0.3, 0.4) is 0 Å². The first kappa shape index (κ1) is 15.9. The van der Waals surface area contributed by atoms with E-state index in [0.717, 1.165) is 0 Å². The maximum Gasteiger partial charge on any atom is 0.310 e. The fourth-order valence-corrected chi connectivity index (χ4v) is 4.08. The molecule has 2 rings (SSSR count). The number of carboxylic acids is 1. The van der Waals surface area contributed by atoms with Crippen LogP contribution in [0.2, 0.25) is 0 Å². The Labute approximate surface area is 123 Å². The molecule has 0 amide bonds. The van der Waals surface area contributed by atoms with E-state index in [1.165, 1.54) is 0 Å². The molecule has 0 bridgehead atoms. The van der Waals surface area contributed by atoms with Gasteiger partial charge in [-0.25, -0.2) is 8.42 Å². The molecule has 1 aliphatic rings. The highest BCUT2D eigenvalue weighted by Crippen LogP contribution is 2.32. The second kappa shape index (κ2) is 5.40. The molecule has 1 aromatic rings. The molecule has 0 saturated carbocycles. The van der Waals surface area contributed by atoms with Gasteiger partial charge in [0.2, 0.25) is 5.89 Å². The Morgan fingerprint density at radius 1 is 1.52 bits per heavy atom. The van der Waals surface area contributed by atoms with Crippen LogP contribution in [0.4, 0.5) is 0 Å². The number of carbonyl (C=O) groups is 1. The van der Waals surface area contributed by atoms with Crippen molar-refractivity contribution in [2.45, 2.75) is 39.5 Å². The standard InChI is InChI=1S/C13H20N2O5S/c1-8(2)13(3,12(16)17)6-10-14-11(15-20-10)9-4-5-21(18,19)7-9/h8-9H,4-7H2,1-3H3,(H,16,17). The first-order valence-corrected chi connectivity index (χ1v) is 8.72. The lowest BCUT2D eigenvalue weighted by molar-refractivity contribution is -0.150. The number of hydrogen-bond acceptors (Lipinski definition) is 6. The molecule has 2 heterocycles. The molecule has 1 saturated heterocycles. The van der Waals surface area contributed by atoms with E-state index in [-0.39, 0.29) is 35.7 Å². The lowest BCUT2D eigenvalue weighted by atomic mass is 9.76. The van der Waals surface area contributed by atoms with Crippen LogP contribution in [0.1, 0.15) is 44.8 Å². The molecule has 2 atom stereocenters. The molecule has 1 aliphatic heterocycles. The molecule has 0 radical (unpaired) electrons. The molecule has 0 aliphatic carbocycles. The first-order valence-electron chi connectivity index (χ1n) is 6.90. The largest absolute Gasteiger partial charge is 0.481 e. The van der Waals surface area contributed by atoms with Gasteiger partial charge in [0.25, 0.3) is 0 Å². The molecule has 1 aromatic heterocycles. The Kier molecular flexibility index (Phi) is 4.10. The summed E-state index contributed by atoms with van der Waals surface area (Å²) in [6.45, 7) is 5.30. The van der Waals surface area contributed by atoms with Gasteiger partial charge in [-0.3, -0.25) is 4.79 Å². The quantitative estimate of drug-likeness (QED) is 0.870. The molecule has 21 heavy (non-hydrogen) atoms. The lowest BCUT2D eigenvalue weighted by Crippen LogP contribution is -2.35. The summed E-state index contributed by atoms with van der Waals surface area (Å²) in [5, 5.41) is 13.2. The number of rotatable bonds is 5. The van der Waals surface area contributed by atoms with Crippen LogP contribution in [-0.4, -0.2) is 41.1 Å². The molecular weight excluding hydrogens is 296 g/mol. The maximum absolute atomic E-state index is 11.5. The van der Waals surface area contributed by atoms with Crippen LogP contribution in [0, 0.1) is 11.3 Å². The van der Waals surface area contributed by atoms with Crippen LogP contribution in [-0.2, 0) is 21.1 Å². The highest BCUT2D eigenvalue weighted by molar-refractivity contribution is 7.91. The topological polar surface area (TPSA) is 110 Å². The molecule has 118 valence electrons. The first-order chi connectivity index (χ1) is 9.64. The number of aromatic nitrogens is 2. The Hall–Kier alpha value is -1.44. The van der Waals surface area contributed by atoms with Crippen LogP contribution in [0.15, 0.2) is 4.52 Å². The SMILES string of the molecule is CC(C)C(C)(Cc1nc(C2CCS(=O)(=O)C2)no1)C(=O)O. The predicted octanol–water partition coefficient (Wildman–Crippen LogP) is 1.26. The third kappa shape index (κ3) is 3.25. The van der Waals surface area contributed by atoms with Gasteiger partial charge in [0, 0.05) is 12.3 Å². The van der Waals surface area contributed by atoms with Crippen LogP contribution in [0.25, 0.3) is 0 Å². The van der Waals surface area contributed by atoms with Gasteiger partial charge in [0.15, 0.2) is 15.7 Å². The number of nitrogens with zero attached hydrogens (tertiary/aromatic N) is 2. The minimum atomic E-state index is -3.01. The predicted molar refractivity (Wildman–Crippen MR) is 74.6 cm³/mol. The van der Waals surface area contributed by atoms with Crippen molar-refractivity contribution in [2.24, 2.45) is 11.3 Å². The summed E-state index contributed by atoms with van der Waals surface area (Å²) in [5.74, 6) is -0.483. The van der Waals surface area contributed by atoms with Crippen molar-refractivity contribution in [3.05, 3.63) is 11.7 Å². The average molecular weight is 316 g/mol. The van der Waals surface area contributed by atoms with Gasteiger partial charge in [0.1, 0.15) is 0 Å². The molecule has 1 N–H and O–H groups in total. The summed E-state index contributed by atoms with van der Waals surface area (Å²) in [5.41, 5.74) is -0.994. The lowest BCUT2D eigenvalue weighted by Gasteiger charge is -2.27. The third-order valence-corrected chi connectivity index (χ3v) is 6.13. The van der Waals surface area contributed by atoms with Crippen LogP contribution >= 0.6 is 0 Å². The number of hydrogen-bond donors (Lipinski definition) is 1. The van der Waals surface area contributed by atoms with E-state index in [1.807, 2.05) is 13.8 Å². The van der Waals surface area contributed by atoms with Crippen molar-refractivity contribution >= 4 is 15.8 Å². The smallest absolute Gasteiger partial charge is 0.310 e. The van der Waals surface area contributed by atoms with Gasteiger partial charge < -0.3 is 9.63 Å². The van der Waals surface area contributed by atoms with Crippen molar-refractivity contribution < 1.29 is 22.8 Å². The van der Waals surface area contributed by atoms with E-state index >= 15 is 0 Å². The molecule has 0 aromatic carbocycles. The summed E-state index contributed by atoms with van der Waals surface area (Å²) in [6, 6.07) is 0. The van der Waals surface area contributed by atoms with Gasteiger partial charge >= 0.3 is 5.97 Å². The highest BCUT2D eigenvalue weighted by Gasteiger charge is 2.39. The van der Waals surface area contributed by atoms with E-state index in [4.69, 9.17) is 4.52 Å². The molecule has 2 unspecified atom stereocenters. The van der Waals surface area contributed by atoms with Gasteiger partial charge in [-0.15, -0.1) is 0 Å². The maximum atomic E-state index is 11.5. The summed E-state index contributed by atoms with van der Waals surface area (Å²) in [4.78, 5) is 15.6. The number of carboxylic acid groups (broad SMARTS) is 1. The Balaban J connectivity index is 2.15. The van der Waals surface area contributed by atoms with Gasteiger partial charge in [0.05, 0.1) is 16.9 Å². The molecular formula is C13H20N2O5S. The van der Waals surface area contributed by atoms with E-state index in [9.17, 15) is 18.3 Å². The second-order valence-electron chi connectivity index (χ2n) is 6.20. The molecule has 8 heteroatoms. The van der Waals surface area contributed by atoms with Crippen molar-refractivity contribution in [3.8, 4) is 0 Å².